The summed E-state index contributed by atoms with van der Waals surface area (Å²) in [5.41, 5.74) is 9.83. The van der Waals surface area contributed by atoms with Gasteiger partial charge in [-0.05, 0) is 55.0 Å². The summed E-state index contributed by atoms with van der Waals surface area (Å²) in [5.74, 6) is 1.05. The van der Waals surface area contributed by atoms with E-state index >= 15 is 0 Å². The van der Waals surface area contributed by atoms with Crippen molar-refractivity contribution >= 4 is 34.4 Å². The number of likely N-dealkylation sites (tertiary alicyclic amines) is 1. The number of amides is 2. The van der Waals surface area contributed by atoms with E-state index in [1.807, 2.05) is 52.0 Å². The highest BCUT2D eigenvalue weighted by Crippen LogP contribution is 2.45. The van der Waals surface area contributed by atoms with Crippen molar-refractivity contribution in [1.82, 2.24) is 24.6 Å². The second-order valence-electron chi connectivity index (χ2n) is 9.74. The Morgan fingerprint density at radius 1 is 1.00 bits per heavy atom. The number of carbonyl (C=O) groups is 2. The van der Waals surface area contributed by atoms with E-state index in [2.05, 4.69) is 21.9 Å². The highest BCUT2D eigenvalue weighted by Gasteiger charge is 2.43. The van der Waals surface area contributed by atoms with Crippen LogP contribution in [0.2, 0.25) is 0 Å². The van der Waals surface area contributed by atoms with Gasteiger partial charge in [-0.2, -0.15) is 5.10 Å². The SMILES string of the molecule is C=CC(=O)N1CC2CC(n3nc(-c4ccc(C(=O)Nc5ccccc5)cc4)c4c(N)ncnc43)CC2C1. The molecule has 2 amide bonds. The molecule has 2 aromatic carbocycles. The van der Waals surface area contributed by atoms with E-state index in [-0.39, 0.29) is 17.9 Å². The van der Waals surface area contributed by atoms with Crippen LogP contribution in [0.1, 0.15) is 29.2 Å². The van der Waals surface area contributed by atoms with Gasteiger partial charge in [0.15, 0.2) is 5.65 Å². The highest BCUT2D eigenvalue weighted by atomic mass is 16.2. The smallest absolute Gasteiger partial charge is 0.255 e. The number of fused-ring (bicyclic) bond motifs is 2. The topological polar surface area (TPSA) is 119 Å². The Hall–Kier alpha value is -4.53. The third-order valence-corrected chi connectivity index (χ3v) is 7.53. The van der Waals surface area contributed by atoms with Crippen LogP contribution in [0.15, 0.2) is 73.6 Å². The summed E-state index contributed by atoms with van der Waals surface area (Å²) >= 11 is 0. The first-order valence-electron chi connectivity index (χ1n) is 12.4. The largest absolute Gasteiger partial charge is 0.383 e. The van der Waals surface area contributed by atoms with Gasteiger partial charge in [-0.1, -0.05) is 36.9 Å². The lowest BCUT2D eigenvalue weighted by Crippen LogP contribution is -2.28. The molecule has 37 heavy (non-hydrogen) atoms. The Kier molecular flexibility index (Phi) is 5.67. The van der Waals surface area contributed by atoms with E-state index in [1.54, 1.807) is 12.1 Å². The average Bonchev–Trinajstić information content (AvgIpc) is 3.61. The quantitative estimate of drug-likeness (QED) is 0.407. The summed E-state index contributed by atoms with van der Waals surface area (Å²) in [5, 5.41) is 8.59. The molecule has 1 aliphatic carbocycles. The summed E-state index contributed by atoms with van der Waals surface area (Å²) in [6, 6.07) is 16.8. The molecule has 1 saturated carbocycles. The number of nitrogen functional groups attached to an aromatic ring is 1. The minimum absolute atomic E-state index is 0.000753. The zero-order valence-corrected chi connectivity index (χ0v) is 20.2. The fourth-order valence-electron chi connectivity index (χ4n) is 5.73. The van der Waals surface area contributed by atoms with Crippen molar-refractivity contribution in [2.24, 2.45) is 11.8 Å². The van der Waals surface area contributed by atoms with Gasteiger partial charge in [0.05, 0.1) is 11.4 Å². The van der Waals surface area contributed by atoms with Crippen LogP contribution in [0.25, 0.3) is 22.3 Å². The van der Waals surface area contributed by atoms with Crippen molar-refractivity contribution in [3.63, 3.8) is 0 Å². The standard InChI is InChI=1S/C28H27N7O2/c1-2-23(36)34-14-19-12-22(13-20(19)15-34)35-27-24(26(29)30-16-31-27)25(33-35)17-8-10-18(11-9-17)28(37)32-21-6-4-3-5-7-21/h2-11,16,19-20,22H,1,12-15H2,(H,32,37)(H2,29,30,31). The van der Waals surface area contributed by atoms with Crippen molar-refractivity contribution < 1.29 is 9.59 Å². The van der Waals surface area contributed by atoms with Gasteiger partial charge in [0.25, 0.3) is 5.91 Å². The molecule has 2 aliphatic rings. The Labute approximate surface area is 214 Å². The van der Waals surface area contributed by atoms with Crippen LogP contribution >= 0.6 is 0 Å². The molecule has 4 aromatic rings. The van der Waals surface area contributed by atoms with Crippen molar-refractivity contribution in [3.8, 4) is 11.3 Å². The molecule has 2 atom stereocenters. The number of hydrogen-bond acceptors (Lipinski definition) is 6. The van der Waals surface area contributed by atoms with Gasteiger partial charge in [0, 0.05) is 29.9 Å². The molecule has 9 nitrogen and oxygen atoms in total. The summed E-state index contributed by atoms with van der Waals surface area (Å²) in [6.45, 7) is 5.12. The minimum Gasteiger partial charge on any atom is -0.383 e. The first-order valence-corrected chi connectivity index (χ1v) is 12.4. The van der Waals surface area contributed by atoms with Gasteiger partial charge in [0.1, 0.15) is 17.8 Å². The highest BCUT2D eigenvalue weighted by molar-refractivity contribution is 6.05. The van der Waals surface area contributed by atoms with Crippen molar-refractivity contribution in [2.75, 3.05) is 24.1 Å². The molecule has 2 fully saturated rings. The van der Waals surface area contributed by atoms with E-state index in [0.717, 1.165) is 37.2 Å². The van der Waals surface area contributed by atoms with Gasteiger partial charge in [0.2, 0.25) is 5.91 Å². The van der Waals surface area contributed by atoms with E-state index in [0.29, 0.717) is 39.9 Å². The lowest BCUT2D eigenvalue weighted by molar-refractivity contribution is -0.125. The normalized spacial score (nSPS) is 20.6. The van der Waals surface area contributed by atoms with Crippen LogP contribution in [0.3, 0.4) is 0 Å². The van der Waals surface area contributed by atoms with Crippen LogP contribution < -0.4 is 11.1 Å². The van der Waals surface area contributed by atoms with E-state index in [4.69, 9.17) is 10.8 Å². The zero-order valence-electron chi connectivity index (χ0n) is 20.2. The second kappa shape index (κ2) is 9.16. The number of nitrogens with zero attached hydrogens (tertiary/aromatic N) is 5. The minimum atomic E-state index is -0.183. The number of aromatic nitrogens is 4. The summed E-state index contributed by atoms with van der Waals surface area (Å²) in [4.78, 5) is 35.4. The fraction of sp³-hybridized carbons (Fsp3) is 0.250. The molecular weight excluding hydrogens is 466 g/mol. The van der Waals surface area contributed by atoms with Gasteiger partial charge in [-0.3, -0.25) is 9.59 Å². The van der Waals surface area contributed by atoms with E-state index in [9.17, 15) is 9.59 Å². The number of rotatable bonds is 5. The molecule has 9 heteroatoms. The lowest BCUT2D eigenvalue weighted by atomic mass is 10.0. The molecule has 186 valence electrons. The molecule has 0 bridgehead atoms. The molecule has 0 spiro atoms. The second-order valence-corrected chi connectivity index (χ2v) is 9.74. The fourth-order valence-corrected chi connectivity index (χ4v) is 5.73. The first-order chi connectivity index (χ1) is 18.0. The summed E-state index contributed by atoms with van der Waals surface area (Å²) in [7, 11) is 0. The molecule has 2 unspecified atom stereocenters. The number of nitrogens with two attached hydrogens (primary N) is 1. The first kappa shape index (κ1) is 22.9. The predicted molar refractivity (Wildman–Crippen MR) is 142 cm³/mol. The van der Waals surface area contributed by atoms with Crippen LogP contribution in [-0.4, -0.2) is 49.6 Å². The van der Waals surface area contributed by atoms with Crippen LogP contribution in [0.4, 0.5) is 11.5 Å². The third-order valence-electron chi connectivity index (χ3n) is 7.53. The molecule has 6 rings (SSSR count). The maximum Gasteiger partial charge on any atom is 0.255 e. The lowest BCUT2D eigenvalue weighted by Gasteiger charge is -2.18. The number of nitrogens with one attached hydrogen (secondary N) is 1. The number of benzene rings is 2. The van der Waals surface area contributed by atoms with Crippen molar-refractivity contribution in [3.05, 3.63) is 79.1 Å². The predicted octanol–water partition coefficient (Wildman–Crippen LogP) is 3.92. The maximum atomic E-state index is 12.7. The summed E-state index contributed by atoms with van der Waals surface area (Å²) in [6.07, 6.45) is 4.70. The number of carbonyl (C=O) groups excluding carboxylic acids is 2. The van der Waals surface area contributed by atoms with Gasteiger partial charge in [-0.25, -0.2) is 14.6 Å². The van der Waals surface area contributed by atoms with Crippen molar-refractivity contribution in [1.29, 1.82) is 0 Å². The molecule has 2 aromatic heterocycles. The Morgan fingerprint density at radius 2 is 1.70 bits per heavy atom. The number of para-hydroxylation sites is 1. The zero-order chi connectivity index (χ0) is 25.5. The third kappa shape index (κ3) is 4.12. The van der Waals surface area contributed by atoms with Crippen molar-refractivity contribution in [2.45, 2.75) is 18.9 Å². The number of hydrogen-bond donors (Lipinski definition) is 2. The van der Waals surface area contributed by atoms with Gasteiger partial charge in [-0.15, -0.1) is 0 Å². The van der Waals surface area contributed by atoms with E-state index in [1.165, 1.54) is 12.4 Å². The molecule has 0 radical (unpaired) electrons. The van der Waals surface area contributed by atoms with Crippen LogP contribution in [0, 0.1) is 11.8 Å². The number of anilines is 2. The van der Waals surface area contributed by atoms with Crippen LogP contribution in [0.5, 0.6) is 0 Å². The Bertz CT molecular complexity index is 1480. The van der Waals surface area contributed by atoms with Gasteiger partial charge >= 0.3 is 0 Å². The van der Waals surface area contributed by atoms with Crippen LogP contribution in [-0.2, 0) is 4.79 Å². The average molecular weight is 494 g/mol. The Balaban J connectivity index is 1.27. The molecule has 3 heterocycles. The molecule has 3 N–H and O–H groups in total. The van der Waals surface area contributed by atoms with E-state index < -0.39 is 0 Å². The monoisotopic (exact) mass is 493 g/mol. The molecule has 1 saturated heterocycles. The summed E-state index contributed by atoms with van der Waals surface area (Å²) < 4.78 is 1.98. The molecule has 1 aliphatic heterocycles. The Morgan fingerprint density at radius 3 is 2.38 bits per heavy atom. The maximum absolute atomic E-state index is 12.7. The molecular formula is C28H27N7O2. The van der Waals surface area contributed by atoms with Gasteiger partial charge < -0.3 is 16.0 Å².